The number of urea groups is 1. The summed E-state index contributed by atoms with van der Waals surface area (Å²) >= 11 is 0. The molecule has 54 valence electrons. The van der Waals surface area contributed by atoms with E-state index in [1.165, 1.54) is 7.05 Å². The molecular weight excluding hydrogens is 123 g/mol. The number of hydrogen-bond donors (Lipinski definition) is 2. The van der Waals surface area contributed by atoms with Crippen molar-refractivity contribution in [3.05, 3.63) is 0 Å². The monoisotopic (exact) mass is 134 g/mol. The highest BCUT2D eigenvalue weighted by molar-refractivity contribution is 5.73. The van der Waals surface area contributed by atoms with Gasteiger partial charge in [0.2, 0.25) is 0 Å². The fourth-order valence-electron chi connectivity index (χ4n) is 0.335. The molecule has 0 unspecified atom stereocenters. The number of alkyl halides is 1. The molecule has 2 amide bonds. The lowest BCUT2D eigenvalue weighted by Crippen LogP contribution is -2.39. The van der Waals surface area contributed by atoms with Gasteiger partial charge in [-0.3, -0.25) is 0 Å². The number of hydrogen-bond acceptors (Lipinski definition) is 1. The first-order valence-electron chi connectivity index (χ1n) is 2.75. The molecule has 3 nitrogen and oxygen atoms in total. The Balaban J connectivity index is 3.34. The minimum Gasteiger partial charge on any atom is -0.341 e. The van der Waals surface area contributed by atoms with Gasteiger partial charge in [-0.25, -0.2) is 9.18 Å². The molecule has 0 bridgehead atoms. The van der Waals surface area contributed by atoms with Crippen LogP contribution in [0.4, 0.5) is 9.18 Å². The Bertz CT molecular complexity index is 97.0. The largest absolute Gasteiger partial charge is 0.341 e. The number of carbonyl (C=O) groups excluding carboxylic acids is 1. The van der Waals surface area contributed by atoms with E-state index in [4.69, 9.17) is 0 Å². The van der Waals surface area contributed by atoms with Crippen molar-refractivity contribution in [2.45, 2.75) is 13.0 Å². The molecule has 2 N–H and O–H groups in total. The third kappa shape index (κ3) is 3.76. The zero-order chi connectivity index (χ0) is 7.28. The van der Waals surface area contributed by atoms with Crippen LogP contribution in [0.3, 0.4) is 0 Å². The molecule has 0 rings (SSSR count). The maximum Gasteiger partial charge on any atom is 0.314 e. The van der Waals surface area contributed by atoms with Crippen LogP contribution < -0.4 is 10.6 Å². The molecule has 0 aromatic heterocycles. The van der Waals surface area contributed by atoms with Crippen molar-refractivity contribution < 1.29 is 9.18 Å². The van der Waals surface area contributed by atoms with Gasteiger partial charge >= 0.3 is 6.03 Å². The molecule has 4 heteroatoms. The molecule has 0 radical (unpaired) electrons. The molecule has 0 aromatic carbocycles. The van der Waals surface area contributed by atoms with Crippen molar-refractivity contribution >= 4 is 6.03 Å². The topological polar surface area (TPSA) is 41.1 Å². The first kappa shape index (κ1) is 8.20. The van der Waals surface area contributed by atoms with Gasteiger partial charge in [-0.05, 0) is 6.92 Å². The summed E-state index contributed by atoms with van der Waals surface area (Å²) in [5.74, 6) is 0. The predicted molar refractivity (Wildman–Crippen MR) is 33.0 cm³/mol. The van der Waals surface area contributed by atoms with E-state index in [9.17, 15) is 9.18 Å². The highest BCUT2D eigenvalue weighted by atomic mass is 19.1. The molecule has 0 aliphatic carbocycles. The van der Waals surface area contributed by atoms with E-state index >= 15 is 0 Å². The number of amides is 2. The molecule has 0 saturated heterocycles. The van der Waals surface area contributed by atoms with Crippen molar-refractivity contribution in [3.63, 3.8) is 0 Å². The predicted octanol–water partition coefficient (Wildman–Crippen LogP) is 0.273. The van der Waals surface area contributed by atoms with Crippen molar-refractivity contribution in [1.29, 1.82) is 0 Å². The highest BCUT2D eigenvalue weighted by Crippen LogP contribution is 1.80. The summed E-state index contributed by atoms with van der Waals surface area (Å²) in [4.78, 5) is 10.4. The fourth-order valence-corrected chi connectivity index (χ4v) is 0.335. The Morgan fingerprint density at radius 1 is 1.78 bits per heavy atom. The van der Waals surface area contributed by atoms with Crippen LogP contribution in [0.15, 0.2) is 0 Å². The van der Waals surface area contributed by atoms with E-state index in [0.29, 0.717) is 0 Å². The lowest BCUT2D eigenvalue weighted by molar-refractivity contribution is 0.237. The van der Waals surface area contributed by atoms with E-state index in [2.05, 4.69) is 10.6 Å². The quantitative estimate of drug-likeness (QED) is 0.559. The van der Waals surface area contributed by atoms with Crippen LogP contribution in [0.2, 0.25) is 0 Å². The SMILES string of the molecule is CNC(=O)N[C@@H](C)CF. The minimum atomic E-state index is -0.534. The third-order valence-corrected chi connectivity index (χ3v) is 0.836. The summed E-state index contributed by atoms with van der Waals surface area (Å²) < 4.78 is 11.6. The Hall–Kier alpha value is -0.800. The number of carbonyl (C=O) groups is 1. The van der Waals surface area contributed by atoms with Crippen LogP contribution >= 0.6 is 0 Å². The van der Waals surface area contributed by atoms with E-state index in [-0.39, 0.29) is 6.03 Å². The van der Waals surface area contributed by atoms with E-state index in [1.54, 1.807) is 6.92 Å². The van der Waals surface area contributed by atoms with Crippen molar-refractivity contribution in [2.75, 3.05) is 13.7 Å². The normalized spacial score (nSPS) is 12.3. The van der Waals surface area contributed by atoms with Crippen molar-refractivity contribution in [3.8, 4) is 0 Å². The number of rotatable bonds is 2. The zero-order valence-corrected chi connectivity index (χ0v) is 5.57. The smallest absolute Gasteiger partial charge is 0.314 e. The molecule has 0 saturated carbocycles. The first-order chi connectivity index (χ1) is 4.20. The van der Waals surface area contributed by atoms with E-state index in [0.717, 1.165) is 0 Å². The molecule has 0 heterocycles. The molecule has 0 aliphatic rings. The fraction of sp³-hybridized carbons (Fsp3) is 0.800. The van der Waals surface area contributed by atoms with Gasteiger partial charge < -0.3 is 10.6 Å². The van der Waals surface area contributed by atoms with Gasteiger partial charge in [0.1, 0.15) is 6.67 Å². The second kappa shape index (κ2) is 4.12. The second-order valence-electron chi connectivity index (χ2n) is 1.78. The molecule has 0 fully saturated rings. The summed E-state index contributed by atoms with van der Waals surface area (Å²) in [7, 11) is 1.49. The van der Waals surface area contributed by atoms with Gasteiger partial charge in [0.05, 0.1) is 6.04 Å². The van der Waals surface area contributed by atoms with Crippen LogP contribution in [0.1, 0.15) is 6.92 Å². The maximum absolute atomic E-state index is 11.6. The summed E-state index contributed by atoms with van der Waals surface area (Å²) in [5.41, 5.74) is 0. The average Bonchev–Trinajstić information content (AvgIpc) is 1.87. The van der Waals surface area contributed by atoms with Gasteiger partial charge in [0.25, 0.3) is 0 Å². The lowest BCUT2D eigenvalue weighted by Gasteiger charge is -2.07. The van der Waals surface area contributed by atoms with Crippen molar-refractivity contribution in [2.24, 2.45) is 0 Å². The summed E-state index contributed by atoms with van der Waals surface area (Å²) in [5, 5.41) is 4.67. The Kier molecular flexibility index (Phi) is 3.75. The molecule has 9 heavy (non-hydrogen) atoms. The van der Waals surface area contributed by atoms with Gasteiger partial charge in [0, 0.05) is 7.05 Å². The molecule has 0 aromatic rings. The van der Waals surface area contributed by atoms with Gasteiger partial charge in [-0.2, -0.15) is 0 Å². The lowest BCUT2D eigenvalue weighted by atomic mass is 10.4. The van der Waals surface area contributed by atoms with E-state index < -0.39 is 12.7 Å². The summed E-state index contributed by atoms with van der Waals surface area (Å²) in [6.45, 7) is 1.06. The minimum absolute atomic E-state index is 0.347. The number of halogens is 1. The van der Waals surface area contributed by atoms with E-state index in [1.807, 2.05) is 0 Å². The average molecular weight is 134 g/mol. The Morgan fingerprint density at radius 2 is 2.33 bits per heavy atom. The Labute approximate surface area is 53.6 Å². The number of nitrogens with one attached hydrogen (secondary N) is 2. The van der Waals surface area contributed by atoms with Crippen LogP contribution in [0.5, 0.6) is 0 Å². The molecule has 0 aliphatic heterocycles. The second-order valence-corrected chi connectivity index (χ2v) is 1.78. The van der Waals surface area contributed by atoms with Gasteiger partial charge in [0.15, 0.2) is 0 Å². The summed E-state index contributed by atoms with van der Waals surface area (Å²) in [6, 6.07) is -0.745. The highest BCUT2D eigenvalue weighted by Gasteiger charge is 2.02. The maximum atomic E-state index is 11.6. The van der Waals surface area contributed by atoms with Gasteiger partial charge in [-0.15, -0.1) is 0 Å². The van der Waals surface area contributed by atoms with Crippen LogP contribution in [0, 0.1) is 0 Å². The van der Waals surface area contributed by atoms with Crippen LogP contribution in [0.25, 0.3) is 0 Å². The standard InChI is InChI=1S/C5H11FN2O/c1-4(3-6)8-5(9)7-2/h4H,3H2,1-2H3,(H2,7,8,9)/t4-/m0/s1. The van der Waals surface area contributed by atoms with Crippen LogP contribution in [-0.2, 0) is 0 Å². The molecule has 1 atom stereocenters. The first-order valence-corrected chi connectivity index (χ1v) is 2.75. The molecule has 0 spiro atoms. The Morgan fingerprint density at radius 3 is 2.67 bits per heavy atom. The third-order valence-electron chi connectivity index (χ3n) is 0.836. The van der Waals surface area contributed by atoms with Crippen LogP contribution in [-0.4, -0.2) is 25.8 Å². The zero-order valence-electron chi connectivity index (χ0n) is 5.57. The van der Waals surface area contributed by atoms with Crippen molar-refractivity contribution in [1.82, 2.24) is 10.6 Å². The summed E-state index contributed by atoms with van der Waals surface area (Å²) in [6.07, 6.45) is 0. The van der Waals surface area contributed by atoms with Gasteiger partial charge in [-0.1, -0.05) is 0 Å². The molecular formula is C5H11FN2O.